The van der Waals surface area contributed by atoms with Crippen molar-refractivity contribution in [3.8, 4) is 5.75 Å². The van der Waals surface area contributed by atoms with Gasteiger partial charge in [-0.1, -0.05) is 42.0 Å². The quantitative estimate of drug-likeness (QED) is 0.792. The molecule has 146 valence electrons. The lowest BCUT2D eigenvalue weighted by Crippen LogP contribution is -2.35. The number of carbonyl (C=O) groups excluding carboxylic acids is 2. The smallest absolute Gasteiger partial charge is 0.225 e. The van der Waals surface area contributed by atoms with Gasteiger partial charge in [0.2, 0.25) is 11.8 Å². The van der Waals surface area contributed by atoms with Crippen LogP contribution in [0.15, 0.2) is 48.7 Å². The number of benzene rings is 2. The molecule has 3 rings (SSSR count). The van der Waals surface area contributed by atoms with Crippen LogP contribution in [-0.2, 0) is 16.1 Å². The first-order valence-electron chi connectivity index (χ1n) is 9.34. The van der Waals surface area contributed by atoms with Gasteiger partial charge >= 0.3 is 0 Å². The van der Waals surface area contributed by atoms with E-state index in [1.54, 1.807) is 30.2 Å². The Morgan fingerprint density at radius 2 is 1.93 bits per heavy atom. The average Bonchev–Trinajstić information content (AvgIpc) is 2.68. The van der Waals surface area contributed by atoms with Gasteiger partial charge in [-0.05, 0) is 30.2 Å². The standard InChI is InChI=1S/C23H26N2O3/c1-16-9-10-22(28-4)19(13-16)15-24(3)23(27)14-21-20-8-6-5-7-18(20)11-12-25(21)17(2)26/h5-13,21H,14-15H2,1-4H3/t21-/m1/s1. The van der Waals surface area contributed by atoms with Crippen LogP contribution in [0.3, 0.4) is 0 Å². The number of carbonyl (C=O) groups is 2. The maximum absolute atomic E-state index is 13.0. The minimum Gasteiger partial charge on any atom is -0.496 e. The summed E-state index contributed by atoms with van der Waals surface area (Å²) in [6.07, 6.45) is 3.91. The predicted molar refractivity (Wildman–Crippen MR) is 110 cm³/mol. The number of aryl methyl sites for hydroxylation is 1. The van der Waals surface area contributed by atoms with Gasteiger partial charge in [-0.3, -0.25) is 9.59 Å². The monoisotopic (exact) mass is 378 g/mol. The predicted octanol–water partition coefficient (Wildman–Crippen LogP) is 3.93. The molecule has 0 saturated heterocycles. The van der Waals surface area contributed by atoms with Crippen LogP contribution in [0.5, 0.6) is 5.75 Å². The highest BCUT2D eigenvalue weighted by Gasteiger charge is 2.29. The summed E-state index contributed by atoms with van der Waals surface area (Å²) in [5.74, 6) is 0.665. The summed E-state index contributed by atoms with van der Waals surface area (Å²) in [4.78, 5) is 28.4. The van der Waals surface area contributed by atoms with Gasteiger partial charge in [0, 0.05) is 32.3 Å². The lowest BCUT2D eigenvalue weighted by atomic mass is 9.93. The molecule has 1 atom stereocenters. The molecule has 5 heteroatoms. The molecule has 0 aliphatic carbocycles. The average molecular weight is 378 g/mol. The van der Waals surface area contributed by atoms with Crippen molar-refractivity contribution in [3.05, 3.63) is 70.9 Å². The summed E-state index contributed by atoms with van der Waals surface area (Å²) >= 11 is 0. The fraction of sp³-hybridized carbons (Fsp3) is 0.304. The maximum Gasteiger partial charge on any atom is 0.225 e. The molecule has 1 heterocycles. The number of rotatable bonds is 5. The van der Waals surface area contributed by atoms with Gasteiger partial charge in [-0.25, -0.2) is 0 Å². The van der Waals surface area contributed by atoms with Gasteiger partial charge in [0.1, 0.15) is 5.75 Å². The van der Waals surface area contributed by atoms with E-state index < -0.39 is 0 Å². The summed E-state index contributed by atoms with van der Waals surface area (Å²) in [5.41, 5.74) is 4.12. The minimum absolute atomic E-state index is 0.0232. The van der Waals surface area contributed by atoms with Crippen LogP contribution < -0.4 is 4.74 Å². The molecule has 0 saturated carbocycles. The van der Waals surface area contributed by atoms with Crippen LogP contribution in [0.1, 0.15) is 41.6 Å². The highest BCUT2D eigenvalue weighted by molar-refractivity contribution is 5.81. The zero-order chi connectivity index (χ0) is 20.3. The Hall–Kier alpha value is -3.08. The van der Waals surface area contributed by atoms with Crippen molar-refractivity contribution in [2.75, 3.05) is 14.2 Å². The molecule has 0 unspecified atom stereocenters. The van der Waals surface area contributed by atoms with E-state index in [-0.39, 0.29) is 24.3 Å². The number of ether oxygens (including phenoxy) is 1. The van der Waals surface area contributed by atoms with E-state index in [1.807, 2.05) is 55.5 Å². The Balaban J connectivity index is 1.80. The van der Waals surface area contributed by atoms with E-state index in [9.17, 15) is 9.59 Å². The van der Waals surface area contributed by atoms with Crippen LogP contribution >= 0.6 is 0 Å². The van der Waals surface area contributed by atoms with Gasteiger partial charge in [0.05, 0.1) is 19.6 Å². The van der Waals surface area contributed by atoms with E-state index in [2.05, 4.69) is 0 Å². The van der Waals surface area contributed by atoms with Crippen molar-refractivity contribution in [1.82, 2.24) is 9.80 Å². The molecule has 0 spiro atoms. The van der Waals surface area contributed by atoms with Gasteiger partial charge in [0.15, 0.2) is 0 Å². The summed E-state index contributed by atoms with van der Waals surface area (Å²) in [5, 5.41) is 0. The number of nitrogens with zero attached hydrogens (tertiary/aromatic N) is 2. The fourth-order valence-corrected chi connectivity index (χ4v) is 3.61. The lowest BCUT2D eigenvalue weighted by molar-refractivity contribution is -0.134. The molecule has 0 N–H and O–H groups in total. The second-order valence-electron chi connectivity index (χ2n) is 7.16. The molecule has 28 heavy (non-hydrogen) atoms. The van der Waals surface area contributed by atoms with Crippen LogP contribution in [0.25, 0.3) is 6.08 Å². The Bertz CT molecular complexity index is 920. The molecule has 2 aromatic rings. The molecule has 1 aliphatic rings. The Morgan fingerprint density at radius 3 is 2.64 bits per heavy atom. The largest absolute Gasteiger partial charge is 0.496 e. The van der Waals surface area contributed by atoms with Gasteiger partial charge in [-0.15, -0.1) is 0 Å². The van der Waals surface area contributed by atoms with Gasteiger partial charge in [0.25, 0.3) is 0 Å². The van der Waals surface area contributed by atoms with Crippen molar-refractivity contribution in [2.24, 2.45) is 0 Å². The Morgan fingerprint density at radius 1 is 1.18 bits per heavy atom. The molecular weight excluding hydrogens is 352 g/mol. The summed E-state index contributed by atoms with van der Waals surface area (Å²) in [6.45, 7) is 3.99. The van der Waals surface area contributed by atoms with Crippen molar-refractivity contribution >= 4 is 17.9 Å². The maximum atomic E-state index is 13.0. The first-order valence-corrected chi connectivity index (χ1v) is 9.34. The zero-order valence-corrected chi connectivity index (χ0v) is 16.8. The number of fused-ring (bicyclic) bond motifs is 1. The SMILES string of the molecule is COc1ccc(C)cc1CN(C)C(=O)C[C@@H]1c2ccccc2C=CN1C(C)=O. The number of hydrogen-bond acceptors (Lipinski definition) is 3. The highest BCUT2D eigenvalue weighted by atomic mass is 16.5. The molecule has 0 bridgehead atoms. The zero-order valence-electron chi connectivity index (χ0n) is 16.8. The van der Waals surface area contributed by atoms with Gasteiger partial charge in [-0.2, -0.15) is 0 Å². The minimum atomic E-state index is -0.298. The van der Waals surface area contributed by atoms with Gasteiger partial charge < -0.3 is 14.5 Å². The highest BCUT2D eigenvalue weighted by Crippen LogP contribution is 2.33. The van der Waals surface area contributed by atoms with E-state index in [1.165, 1.54) is 6.92 Å². The van der Waals surface area contributed by atoms with Crippen LogP contribution in [0.4, 0.5) is 0 Å². The molecular formula is C23H26N2O3. The van der Waals surface area contributed by atoms with Crippen molar-refractivity contribution in [2.45, 2.75) is 32.9 Å². The van der Waals surface area contributed by atoms with E-state index in [0.29, 0.717) is 6.54 Å². The molecule has 5 nitrogen and oxygen atoms in total. The molecule has 0 radical (unpaired) electrons. The topological polar surface area (TPSA) is 49.9 Å². The van der Waals surface area contributed by atoms with Crippen molar-refractivity contribution in [3.63, 3.8) is 0 Å². The van der Waals surface area contributed by atoms with E-state index in [0.717, 1.165) is 28.0 Å². The van der Waals surface area contributed by atoms with Crippen LogP contribution in [0.2, 0.25) is 0 Å². The molecule has 1 aliphatic heterocycles. The third kappa shape index (κ3) is 4.09. The second kappa shape index (κ2) is 8.30. The normalized spacial score (nSPS) is 15.1. The first-order chi connectivity index (χ1) is 13.4. The second-order valence-corrected chi connectivity index (χ2v) is 7.16. The fourth-order valence-electron chi connectivity index (χ4n) is 3.61. The van der Waals surface area contributed by atoms with Crippen LogP contribution in [-0.4, -0.2) is 35.8 Å². The Labute approximate surface area is 166 Å². The first kappa shape index (κ1) is 19.7. The van der Waals surface area contributed by atoms with E-state index in [4.69, 9.17) is 4.74 Å². The number of amides is 2. The van der Waals surface area contributed by atoms with Crippen molar-refractivity contribution in [1.29, 1.82) is 0 Å². The molecule has 2 amide bonds. The Kier molecular flexibility index (Phi) is 5.83. The summed E-state index contributed by atoms with van der Waals surface area (Å²) in [6, 6.07) is 13.5. The van der Waals surface area contributed by atoms with E-state index >= 15 is 0 Å². The summed E-state index contributed by atoms with van der Waals surface area (Å²) in [7, 11) is 3.42. The van der Waals surface area contributed by atoms with Crippen molar-refractivity contribution < 1.29 is 14.3 Å². The number of hydrogen-bond donors (Lipinski definition) is 0. The molecule has 2 aromatic carbocycles. The lowest BCUT2D eigenvalue weighted by Gasteiger charge is -2.33. The molecule has 0 fully saturated rings. The summed E-state index contributed by atoms with van der Waals surface area (Å²) < 4.78 is 5.43. The number of methoxy groups -OCH3 is 1. The third-order valence-electron chi connectivity index (χ3n) is 5.11. The third-order valence-corrected chi connectivity index (χ3v) is 5.11. The molecule has 0 aromatic heterocycles. The van der Waals surface area contributed by atoms with Crippen LogP contribution in [0, 0.1) is 6.92 Å².